The molecule has 25 heavy (non-hydrogen) atoms. The molecule has 0 aliphatic carbocycles. The molecule has 0 aliphatic rings. The largest absolute Gasteiger partial charge is 0.419 e. The fourth-order valence-corrected chi connectivity index (χ4v) is 2.73. The smallest absolute Gasteiger partial charge is 0.368 e. The molecule has 2 aromatic heterocycles. The van der Waals surface area contributed by atoms with Crippen LogP contribution < -0.4 is 16.0 Å². The van der Waals surface area contributed by atoms with Crippen molar-refractivity contribution in [2.24, 2.45) is 4.99 Å². The zero-order valence-electron chi connectivity index (χ0n) is 13.8. The number of halogens is 3. The summed E-state index contributed by atoms with van der Waals surface area (Å²) < 4.78 is 38.6. The van der Waals surface area contributed by atoms with Crippen LogP contribution in [0.15, 0.2) is 29.5 Å². The predicted molar refractivity (Wildman–Crippen MR) is 92.8 cm³/mol. The Bertz CT molecular complexity index is 713. The van der Waals surface area contributed by atoms with Crippen LogP contribution in [0.5, 0.6) is 0 Å². The normalized spacial score (nSPS) is 12.1. The molecule has 2 heterocycles. The van der Waals surface area contributed by atoms with E-state index in [9.17, 15) is 13.2 Å². The van der Waals surface area contributed by atoms with Crippen LogP contribution in [0.1, 0.15) is 15.4 Å². The van der Waals surface area contributed by atoms with Gasteiger partial charge in [0.2, 0.25) is 0 Å². The Labute approximate surface area is 147 Å². The maximum atomic E-state index is 12.9. The topological polar surface area (TPSA) is 74.2 Å². The lowest BCUT2D eigenvalue weighted by atomic mass is 10.2. The summed E-state index contributed by atoms with van der Waals surface area (Å²) in [6.07, 6.45) is -1.32. The van der Waals surface area contributed by atoms with E-state index < -0.39 is 11.7 Å². The van der Waals surface area contributed by atoms with Crippen LogP contribution in [0, 0.1) is 6.92 Å². The first-order valence-electron chi connectivity index (χ1n) is 7.52. The summed E-state index contributed by atoms with van der Waals surface area (Å²) in [5.41, 5.74) is -0.781. The van der Waals surface area contributed by atoms with E-state index in [1.807, 2.05) is 6.92 Å². The number of nitrogens with one attached hydrogen (secondary N) is 3. The molecule has 0 amide bonds. The van der Waals surface area contributed by atoms with Crippen molar-refractivity contribution in [3.05, 3.63) is 40.0 Å². The molecule has 0 atom stereocenters. The summed E-state index contributed by atoms with van der Waals surface area (Å²) in [7, 11) is 1.62. The summed E-state index contributed by atoms with van der Waals surface area (Å²) in [6.45, 7) is 3.15. The number of hydrogen-bond acceptors (Lipinski definition) is 5. The van der Waals surface area contributed by atoms with Crippen LogP contribution in [-0.4, -0.2) is 36.1 Å². The first-order chi connectivity index (χ1) is 11.9. The van der Waals surface area contributed by atoms with Gasteiger partial charge in [0, 0.05) is 37.4 Å². The number of aliphatic imine (C=N–C) groups is 1. The first kappa shape index (κ1) is 19.0. The highest BCUT2D eigenvalue weighted by Gasteiger charge is 2.33. The number of pyridine rings is 1. The lowest BCUT2D eigenvalue weighted by Crippen LogP contribution is -2.39. The quantitative estimate of drug-likeness (QED) is 0.413. The van der Waals surface area contributed by atoms with Gasteiger partial charge in [0.1, 0.15) is 10.8 Å². The molecule has 0 radical (unpaired) electrons. The fourth-order valence-electron chi connectivity index (χ4n) is 2.00. The molecule has 3 N–H and O–H groups in total. The van der Waals surface area contributed by atoms with Gasteiger partial charge in [-0.3, -0.25) is 4.99 Å². The van der Waals surface area contributed by atoms with E-state index in [1.54, 1.807) is 24.6 Å². The number of guanidine groups is 1. The summed E-state index contributed by atoms with van der Waals surface area (Å²) in [6, 6.07) is 2.26. The molecule has 0 aromatic carbocycles. The number of aromatic nitrogens is 2. The summed E-state index contributed by atoms with van der Waals surface area (Å²) in [4.78, 5) is 13.2. The molecule has 6 nitrogen and oxygen atoms in total. The first-order valence-corrected chi connectivity index (χ1v) is 8.33. The molecule has 0 saturated heterocycles. The third kappa shape index (κ3) is 5.89. The van der Waals surface area contributed by atoms with Gasteiger partial charge in [0.15, 0.2) is 5.96 Å². The van der Waals surface area contributed by atoms with Gasteiger partial charge in [-0.1, -0.05) is 0 Å². The standard InChI is InChI=1S/C15H19F3N6S/c1-10-8-23-12(25-10)9-24-14(19-2)22-7-6-21-13-11(15(16,17)18)4-3-5-20-13/h3-5,8H,6-7,9H2,1-2H3,(H,20,21)(H2,19,22,24). The highest BCUT2D eigenvalue weighted by Crippen LogP contribution is 2.33. The minimum absolute atomic E-state index is 0.182. The Morgan fingerprint density at radius 2 is 2.04 bits per heavy atom. The van der Waals surface area contributed by atoms with Crippen molar-refractivity contribution in [3.63, 3.8) is 0 Å². The number of thiazole rings is 1. The minimum atomic E-state index is -4.44. The third-order valence-corrected chi connectivity index (χ3v) is 4.04. The van der Waals surface area contributed by atoms with Gasteiger partial charge in [0.25, 0.3) is 0 Å². The number of anilines is 1. The SMILES string of the molecule is CN=C(NCCNc1ncccc1C(F)(F)F)NCc1ncc(C)s1. The van der Waals surface area contributed by atoms with Gasteiger partial charge in [-0.2, -0.15) is 13.2 Å². The summed E-state index contributed by atoms with van der Waals surface area (Å²) in [5, 5.41) is 9.74. The van der Waals surface area contributed by atoms with Crippen LogP contribution in [0.2, 0.25) is 0 Å². The lowest BCUT2D eigenvalue weighted by Gasteiger charge is -2.14. The van der Waals surface area contributed by atoms with Gasteiger partial charge in [-0.15, -0.1) is 11.3 Å². The number of aryl methyl sites for hydroxylation is 1. The summed E-state index contributed by atoms with van der Waals surface area (Å²) in [5.74, 6) is 0.365. The molecule has 136 valence electrons. The van der Waals surface area contributed by atoms with E-state index in [0.717, 1.165) is 16.0 Å². The lowest BCUT2D eigenvalue weighted by molar-refractivity contribution is -0.137. The second-order valence-corrected chi connectivity index (χ2v) is 6.36. The Balaban J connectivity index is 1.78. The van der Waals surface area contributed by atoms with Crippen molar-refractivity contribution in [3.8, 4) is 0 Å². The van der Waals surface area contributed by atoms with E-state index in [-0.39, 0.29) is 12.4 Å². The molecule has 0 spiro atoms. The molecule has 0 fully saturated rings. The molecule has 10 heteroatoms. The Morgan fingerprint density at radius 3 is 2.68 bits per heavy atom. The van der Waals surface area contributed by atoms with Crippen LogP contribution in [-0.2, 0) is 12.7 Å². The number of hydrogen-bond donors (Lipinski definition) is 3. The second kappa shape index (κ2) is 8.65. The zero-order valence-corrected chi connectivity index (χ0v) is 14.6. The Hall–Kier alpha value is -2.36. The van der Waals surface area contributed by atoms with Gasteiger partial charge in [-0.25, -0.2) is 9.97 Å². The van der Waals surface area contributed by atoms with Crippen molar-refractivity contribution in [2.75, 3.05) is 25.5 Å². The molecule has 0 unspecified atom stereocenters. The molecular weight excluding hydrogens is 353 g/mol. The van der Waals surface area contributed by atoms with Crippen LogP contribution >= 0.6 is 11.3 Å². The van der Waals surface area contributed by atoms with Crippen LogP contribution in [0.3, 0.4) is 0 Å². The van der Waals surface area contributed by atoms with Crippen molar-refractivity contribution >= 4 is 23.1 Å². The molecule has 0 saturated carbocycles. The molecule has 2 aromatic rings. The number of rotatable bonds is 6. The van der Waals surface area contributed by atoms with E-state index >= 15 is 0 Å². The van der Waals surface area contributed by atoms with E-state index in [0.29, 0.717) is 19.0 Å². The summed E-state index contributed by atoms with van der Waals surface area (Å²) >= 11 is 1.59. The molecular formula is C15H19F3N6S. The molecule has 0 bridgehead atoms. The highest BCUT2D eigenvalue weighted by atomic mass is 32.1. The van der Waals surface area contributed by atoms with E-state index in [1.165, 1.54) is 12.3 Å². The average molecular weight is 372 g/mol. The monoisotopic (exact) mass is 372 g/mol. The Morgan fingerprint density at radius 1 is 1.24 bits per heavy atom. The fraction of sp³-hybridized carbons (Fsp3) is 0.400. The Kier molecular flexibility index (Phi) is 6.57. The number of nitrogens with zero attached hydrogens (tertiary/aromatic N) is 3. The van der Waals surface area contributed by atoms with Crippen LogP contribution in [0.4, 0.5) is 19.0 Å². The number of alkyl halides is 3. The van der Waals surface area contributed by atoms with Gasteiger partial charge in [-0.05, 0) is 19.1 Å². The minimum Gasteiger partial charge on any atom is -0.368 e. The van der Waals surface area contributed by atoms with Crippen molar-refractivity contribution in [1.82, 2.24) is 20.6 Å². The van der Waals surface area contributed by atoms with Crippen molar-refractivity contribution in [2.45, 2.75) is 19.6 Å². The molecule has 0 aliphatic heterocycles. The molecule has 2 rings (SSSR count). The third-order valence-electron chi connectivity index (χ3n) is 3.12. The van der Waals surface area contributed by atoms with Crippen molar-refractivity contribution in [1.29, 1.82) is 0 Å². The van der Waals surface area contributed by atoms with E-state index in [2.05, 4.69) is 30.9 Å². The highest BCUT2D eigenvalue weighted by molar-refractivity contribution is 7.11. The average Bonchev–Trinajstić information content (AvgIpc) is 2.99. The maximum Gasteiger partial charge on any atom is 0.419 e. The zero-order chi connectivity index (χ0) is 18.3. The van der Waals surface area contributed by atoms with Gasteiger partial charge >= 0.3 is 6.18 Å². The van der Waals surface area contributed by atoms with E-state index in [4.69, 9.17) is 0 Å². The van der Waals surface area contributed by atoms with Crippen molar-refractivity contribution < 1.29 is 13.2 Å². The predicted octanol–water partition coefficient (Wildman–Crippen LogP) is 2.64. The van der Waals surface area contributed by atoms with Crippen LogP contribution in [0.25, 0.3) is 0 Å². The van der Waals surface area contributed by atoms with Gasteiger partial charge < -0.3 is 16.0 Å². The van der Waals surface area contributed by atoms with Gasteiger partial charge in [0.05, 0.1) is 12.1 Å². The second-order valence-electron chi connectivity index (χ2n) is 5.04. The maximum absolute atomic E-state index is 12.9.